The smallest absolute Gasteiger partial charge is 0.122 e. The summed E-state index contributed by atoms with van der Waals surface area (Å²) in [4.78, 5) is 1.29. The van der Waals surface area contributed by atoms with E-state index in [-0.39, 0.29) is 6.04 Å². The van der Waals surface area contributed by atoms with Crippen LogP contribution < -0.4 is 10.1 Å². The van der Waals surface area contributed by atoms with Crippen molar-refractivity contribution in [2.75, 3.05) is 20.4 Å². The molecule has 0 aliphatic carbocycles. The predicted molar refractivity (Wildman–Crippen MR) is 91.5 cm³/mol. The van der Waals surface area contributed by atoms with Gasteiger partial charge in [-0.05, 0) is 56.0 Å². The van der Waals surface area contributed by atoms with Crippen molar-refractivity contribution in [3.05, 3.63) is 59.2 Å². The Morgan fingerprint density at radius 1 is 1.14 bits per heavy atom. The molecule has 21 heavy (non-hydrogen) atoms. The molecule has 2 nitrogen and oxygen atoms in total. The van der Waals surface area contributed by atoms with E-state index < -0.39 is 0 Å². The number of methoxy groups -OCH3 is 1. The molecule has 0 saturated heterocycles. The van der Waals surface area contributed by atoms with E-state index in [1.54, 1.807) is 18.9 Å². The summed E-state index contributed by atoms with van der Waals surface area (Å²) in [5.74, 6) is 0.960. The van der Waals surface area contributed by atoms with E-state index in [4.69, 9.17) is 4.74 Å². The van der Waals surface area contributed by atoms with Crippen LogP contribution in [0.15, 0.2) is 47.4 Å². The SMILES string of the molecule is CNC(Cc1cc(C)ccc1OC)c1ccc(SC)cc1. The molecule has 0 aromatic heterocycles. The molecule has 1 unspecified atom stereocenters. The molecule has 112 valence electrons. The highest BCUT2D eigenvalue weighted by Crippen LogP contribution is 2.27. The Hall–Kier alpha value is -1.45. The third-order valence-corrected chi connectivity index (χ3v) is 4.47. The second-order valence-corrected chi connectivity index (χ2v) is 6.01. The van der Waals surface area contributed by atoms with Gasteiger partial charge in [0, 0.05) is 10.9 Å². The van der Waals surface area contributed by atoms with Crippen molar-refractivity contribution in [1.29, 1.82) is 0 Å². The average molecular weight is 301 g/mol. The number of rotatable bonds is 6. The lowest BCUT2D eigenvalue weighted by Crippen LogP contribution is -2.19. The Balaban J connectivity index is 2.23. The minimum atomic E-state index is 0.289. The van der Waals surface area contributed by atoms with E-state index in [1.807, 2.05) is 13.1 Å². The van der Waals surface area contributed by atoms with Crippen molar-refractivity contribution in [2.24, 2.45) is 0 Å². The van der Waals surface area contributed by atoms with Crippen LogP contribution in [0, 0.1) is 6.92 Å². The topological polar surface area (TPSA) is 21.3 Å². The summed E-state index contributed by atoms with van der Waals surface area (Å²) >= 11 is 1.77. The maximum atomic E-state index is 5.49. The van der Waals surface area contributed by atoms with Crippen molar-refractivity contribution in [2.45, 2.75) is 24.3 Å². The normalized spacial score (nSPS) is 12.2. The van der Waals surface area contributed by atoms with Crippen molar-refractivity contribution in [1.82, 2.24) is 5.32 Å². The summed E-state index contributed by atoms with van der Waals surface area (Å²) < 4.78 is 5.49. The molecule has 3 heteroatoms. The molecule has 0 aliphatic heterocycles. The Labute approximate surface area is 131 Å². The summed E-state index contributed by atoms with van der Waals surface area (Å²) in [7, 11) is 3.74. The second kappa shape index (κ2) is 7.53. The van der Waals surface area contributed by atoms with Gasteiger partial charge in [-0.2, -0.15) is 0 Å². The molecule has 0 radical (unpaired) electrons. The molecule has 0 aliphatic rings. The van der Waals surface area contributed by atoms with Gasteiger partial charge in [-0.25, -0.2) is 0 Å². The summed E-state index contributed by atoms with van der Waals surface area (Å²) in [6.45, 7) is 2.12. The fraction of sp³-hybridized carbons (Fsp3) is 0.333. The van der Waals surface area contributed by atoms with Gasteiger partial charge in [-0.3, -0.25) is 0 Å². The number of hydrogen-bond acceptors (Lipinski definition) is 3. The molecule has 0 fully saturated rings. The Morgan fingerprint density at radius 3 is 2.43 bits per heavy atom. The first kappa shape index (κ1) is 15.9. The highest BCUT2D eigenvalue weighted by molar-refractivity contribution is 7.98. The first-order valence-electron chi connectivity index (χ1n) is 7.12. The first-order chi connectivity index (χ1) is 10.2. The number of thioether (sulfide) groups is 1. The van der Waals surface area contributed by atoms with E-state index in [9.17, 15) is 0 Å². The van der Waals surface area contributed by atoms with Crippen molar-refractivity contribution in [3.8, 4) is 5.75 Å². The number of aryl methyl sites for hydroxylation is 1. The third-order valence-electron chi connectivity index (χ3n) is 3.73. The molecule has 0 bridgehead atoms. The van der Waals surface area contributed by atoms with Gasteiger partial charge in [-0.15, -0.1) is 11.8 Å². The van der Waals surface area contributed by atoms with Gasteiger partial charge in [0.05, 0.1) is 7.11 Å². The van der Waals surface area contributed by atoms with Crippen LogP contribution in [0.25, 0.3) is 0 Å². The van der Waals surface area contributed by atoms with Gasteiger partial charge in [0.2, 0.25) is 0 Å². The van der Waals surface area contributed by atoms with Gasteiger partial charge in [0.15, 0.2) is 0 Å². The van der Waals surface area contributed by atoms with E-state index in [2.05, 4.69) is 54.9 Å². The number of ether oxygens (including phenoxy) is 1. The monoisotopic (exact) mass is 301 g/mol. The van der Waals surface area contributed by atoms with E-state index >= 15 is 0 Å². The molecule has 2 rings (SSSR count). The lowest BCUT2D eigenvalue weighted by atomic mass is 9.97. The molecular weight excluding hydrogens is 278 g/mol. The summed E-state index contributed by atoms with van der Waals surface area (Å²) in [5, 5.41) is 3.41. The quantitative estimate of drug-likeness (QED) is 0.807. The molecule has 2 aromatic rings. The number of likely N-dealkylation sites (N-methyl/N-ethyl adjacent to an activating group) is 1. The third kappa shape index (κ3) is 4.02. The van der Waals surface area contributed by atoms with Gasteiger partial charge >= 0.3 is 0 Å². The first-order valence-corrected chi connectivity index (χ1v) is 8.35. The van der Waals surface area contributed by atoms with E-state index in [0.29, 0.717) is 0 Å². The lowest BCUT2D eigenvalue weighted by molar-refractivity contribution is 0.406. The van der Waals surface area contributed by atoms with E-state index in [0.717, 1.165) is 12.2 Å². The van der Waals surface area contributed by atoms with Crippen LogP contribution in [0.1, 0.15) is 22.7 Å². The molecular formula is C18H23NOS. The Bertz CT molecular complexity index is 580. The van der Waals surface area contributed by atoms with Crippen LogP contribution in [-0.2, 0) is 6.42 Å². The number of hydrogen-bond donors (Lipinski definition) is 1. The molecule has 2 aromatic carbocycles. The maximum Gasteiger partial charge on any atom is 0.122 e. The van der Waals surface area contributed by atoms with Crippen LogP contribution in [0.2, 0.25) is 0 Å². The average Bonchev–Trinajstić information content (AvgIpc) is 2.53. The zero-order valence-corrected chi connectivity index (χ0v) is 14.0. The van der Waals surface area contributed by atoms with Crippen LogP contribution >= 0.6 is 11.8 Å². The number of benzene rings is 2. The van der Waals surface area contributed by atoms with Gasteiger partial charge in [0.25, 0.3) is 0 Å². The highest BCUT2D eigenvalue weighted by Gasteiger charge is 2.13. The zero-order chi connectivity index (χ0) is 15.2. The van der Waals surface area contributed by atoms with Gasteiger partial charge in [0.1, 0.15) is 5.75 Å². The van der Waals surface area contributed by atoms with Gasteiger partial charge < -0.3 is 10.1 Å². The van der Waals surface area contributed by atoms with Crippen LogP contribution in [-0.4, -0.2) is 20.4 Å². The van der Waals surface area contributed by atoms with Crippen molar-refractivity contribution < 1.29 is 4.74 Å². The fourth-order valence-electron chi connectivity index (χ4n) is 2.51. The molecule has 0 spiro atoms. The standard InChI is InChI=1S/C18H23NOS/c1-13-5-10-18(20-3)15(11-13)12-17(19-2)14-6-8-16(21-4)9-7-14/h5-11,17,19H,12H2,1-4H3. The minimum absolute atomic E-state index is 0.289. The molecule has 1 N–H and O–H groups in total. The van der Waals surface area contributed by atoms with Gasteiger partial charge in [-0.1, -0.05) is 29.8 Å². The summed E-state index contributed by atoms with van der Waals surface area (Å²) in [6.07, 6.45) is 3.02. The van der Waals surface area contributed by atoms with Crippen LogP contribution in [0.5, 0.6) is 5.75 Å². The summed E-state index contributed by atoms with van der Waals surface area (Å²) in [6, 6.07) is 15.4. The highest BCUT2D eigenvalue weighted by atomic mass is 32.2. The lowest BCUT2D eigenvalue weighted by Gasteiger charge is -2.19. The summed E-state index contributed by atoms with van der Waals surface area (Å²) in [5.41, 5.74) is 3.81. The molecule has 0 saturated carbocycles. The maximum absolute atomic E-state index is 5.49. The Morgan fingerprint density at radius 2 is 1.86 bits per heavy atom. The minimum Gasteiger partial charge on any atom is -0.496 e. The second-order valence-electron chi connectivity index (χ2n) is 5.13. The molecule has 0 amide bonds. The zero-order valence-electron chi connectivity index (χ0n) is 13.1. The molecule has 0 heterocycles. The Kier molecular flexibility index (Phi) is 5.71. The van der Waals surface area contributed by atoms with Crippen molar-refractivity contribution >= 4 is 11.8 Å². The van der Waals surface area contributed by atoms with Crippen LogP contribution in [0.4, 0.5) is 0 Å². The molecule has 1 atom stereocenters. The fourth-order valence-corrected chi connectivity index (χ4v) is 2.92. The predicted octanol–water partition coefficient (Wildman–Crippen LogP) is 4.23. The largest absolute Gasteiger partial charge is 0.496 e. The van der Waals surface area contributed by atoms with E-state index in [1.165, 1.54) is 21.6 Å². The number of nitrogens with one attached hydrogen (secondary N) is 1. The van der Waals surface area contributed by atoms with Crippen molar-refractivity contribution in [3.63, 3.8) is 0 Å². The van der Waals surface area contributed by atoms with Crippen LogP contribution in [0.3, 0.4) is 0 Å².